The predicted octanol–water partition coefficient (Wildman–Crippen LogP) is 5.63. The molecule has 0 aliphatic rings. The molecular formula is C20H13F4N3O4S. The molecule has 166 valence electrons. The number of benzene rings is 2. The standard InChI is InChI=1S/C20H13F4N3O4S/c1-11-16(4-7-19-27-26-12(2)30-19)18(32(28,29)20(22,23)24)6-5-17(11)31-15-9-13(21)8-14(10-15)25-3/h4-10H,1-2H3/b7-4+. The van der Waals surface area contributed by atoms with Crippen molar-refractivity contribution in [2.24, 2.45) is 0 Å². The summed E-state index contributed by atoms with van der Waals surface area (Å²) < 4.78 is 88.2. The van der Waals surface area contributed by atoms with Crippen LogP contribution in [-0.2, 0) is 9.84 Å². The monoisotopic (exact) mass is 467 g/mol. The van der Waals surface area contributed by atoms with Gasteiger partial charge < -0.3 is 9.15 Å². The molecule has 32 heavy (non-hydrogen) atoms. The van der Waals surface area contributed by atoms with Gasteiger partial charge in [-0.15, -0.1) is 10.2 Å². The molecule has 0 spiro atoms. The van der Waals surface area contributed by atoms with Crippen LogP contribution in [0.15, 0.2) is 39.6 Å². The third-order valence-electron chi connectivity index (χ3n) is 4.17. The number of aromatic nitrogens is 2. The first-order valence-corrected chi connectivity index (χ1v) is 10.2. The number of alkyl halides is 3. The average molecular weight is 467 g/mol. The van der Waals surface area contributed by atoms with Gasteiger partial charge in [0.25, 0.3) is 9.84 Å². The van der Waals surface area contributed by atoms with Crippen LogP contribution in [0.5, 0.6) is 11.5 Å². The fraction of sp³-hybridized carbons (Fsp3) is 0.150. The highest BCUT2D eigenvalue weighted by Gasteiger charge is 2.48. The van der Waals surface area contributed by atoms with Gasteiger partial charge in [0.1, 0.15) is 17.3 Å². The van der Waals surface area contributed by atoms with Crippen LogP contribution in [0, 0.1) is 26.2 Å². The second-order valence-electron chi connectivity index (χ2n) is 6.40. The molecule has 0 saturated heterocycles. The Morgan fingerprint density at radius 1 is 1.12 bits per heavy atom. The zero-order chi connectivity index (χ0) is 23.7. The molecule has 2 aromatic carbocycles. The molecule has 12 heteroatoms. The van der Waals surface area contributed by atoms with Gasteiger partial charge in [-0.2, -0.15) is 13.2 Å². The van der Waals surface area contributed by atoms with Crippen LogP contribution in [0.2, 0.25) is 0 Å². The maximum Gasteiger partial charge on any atom is 0.501 e. The first-order valence-electron chi connectivity index (χ1n) is 8.71. The topological polar surface area (TPSA) is 86.7 Å². The van der Waals surface area contributed by atoms with Gasteiger partial charge in [0.2, 0.25) is 11.8 Å². The summed E-state index contributed by atoms with van der Waals surface area (Å²) in [6.07, 6.45) is 2.23. The largest absolute Gasteiger partial charge is 0.501 e. The highest BCUT2D eigenvalue weighted by atomic mass is 32.2. The molecule has 0 amide bonds. The van der Waals surface area contributed by atoms with E-state index < -0.39 is 26.1 Å². The van der Waals surface area contributed by atoms with Crippen molar-refractivity contribution in [3.63, 3.8) is 0 Å². The lowest BCUT2D eigenvalue weighted by molar-refractivity contribution is -0.0436. The lowest BCUT2D eigenvalue weighted by Gasteiger charge is -2.16. The number of aryl methyl sites for hydroxylation is 1. The maximum atomic E-state index is 13.7. The van der Waals surface area contributed by atoms with Gasteiger partial charge in [0, 0.05) is 30.2 Å². The van der Waals surface area contributed by atoms with Gasteiger partial charge >= 0.3 is 5.51 Å². The molecule has 1 heterocycles. The number of ether oxygens (including phenoxy) is 1. The SMILES string of the molecule is [C-]#[N+]c1cc(F)cc(Oc2ccc(S(=O)(=O)C(F)(F)F)c(/C=C/c3nnc(C)o3)c2C)c1. The molecule has 0 unspecified atom stereocenters. The Balaban J connectivity index is 2.15. The summed E-state index contributed by atoms with van der Waals surface area (Å²) in [5, 5.41) is 7.25. The second kappa shape index (κ2) is 8.43. The van der Waals surface area contributed by atoms with E-state index in [1.807, 2.05) is 0 Å². The summed E-state index contributed by atoms with van der Waals surface area (Å²) in [7, 11) is -5.71. The quantitative estimate of drug-likeness (QED) is 0.357. The molecule has 3 aromatic rings. The van der Waals surface area contributed by atoms with Gasteiger partial charge in [-0.1, -0.05) is 0 Å². The van der Waals surface area contributed by atoms with Crippen molar-refractivity contribution in [3.05, 3.63) is 70.5 Å². The Hall–Kier alpha value is -3.72. The summed E-state index contributed by atoms with van der Waals surface area (Å²) in [5.41, 5.74) is -5.92. The van der Waals surface area contributed by atoms with Gasteiger partial charge in [-0.3, -0.25) is 0 Å². The molecule has 0 aliphatic heterocycles. The van der Waals surface area contributed by atoms with Gasteiger partial charge in [0.05, 0.1) is 11.5 Å². The zero-order valence-electron chi connectivity index (χ0n) is 16.4. The van der Waals surface area contributed by atoms with E-state index in [9.17, 15) is 26.0 Å². The predicted molar refractivity (Wildman–Crippen MR) is 105 cm³/mol. The molecule has 0 saturated carbocycles. The first kappa shape index (κ1) is 23.0. The van der Waals surface area contributed by atoms with E-state index in [-0.39, 0.29) is 40.1 Å². The van der Waals surface area contributed by atoms with Crippen molar-refractivity contribution in [3.8, 4) is 11.5 Å². The third-order valence-corrected chi connectivity index (χ3v) is 5.71. The maximum absolute atomic E-state index is 13.7. The van der Waals surface area contributed by atoms with Crippen molar-refractivity contribution in [2.45, 2.75) is 24.3 Å². The molecule has 0 N–H and O–H groups in total. The molecule has 3 rings (SSSR count). The van der Waals surface area contributed by atoms with Crippen molar-refractivity contribution in [1.82, 2.24) is 10.2 Å². The number of sulfone groups is 1. The molecule has 0 aliphatic carbocycles. The Morgan fingerprint density at radius 3 is 2.44 bits per heavy atom. The fourth-order valence-corrected chi connectivity index (χ4v) is 3.70. The summed E-state index contributed by atoms with van der Waals surface area (Å²) >= 11 is 0. The lowest BCUT2D eigenvalue weighted by atomic mass is 10.1. The normalized spacial score (nSPS) is 12.2. The van der Waals surface area contributed by atoms with Crippen LogP contribution in [-0.4, -0.2) is 24.1 Å². The minimum Gasteiger partial charge on any atom is -0.458 e. The molecule has 7 nitrogen and oxygen atoms in total. The molecular weight excluding hydrogens is 454 g/mol. The first-order chi connectivity index (χ1) is 14.9. The molecule has 0 bridgehead atoms. The number of nitrogens with zero attached hydrogens (tertiary/aromatic N) is 3. The highest BCUT2D eigenvalue weighted by molar-refractivity contribution is 7.92. The number of hydrogen-bond donors (Lipinski definition) is 0. The number of hydrogen-bond acceptors (Lipinski definition) is 6. The molecule has 0 radical (unpaired) electrons. The summed E-state index contributed by atoms with van der Waals surface area (Å²) in [5.74, 6) is -0.755. The van der Waals surface area contributed by atoms with E-state index in [2.05, 4.69) is 15.0 Å². The van der Waals surface area contributed by atoms with Crippen LogP contribution in [0.4, 0.5) is 23.2 Å². The summed E-state index contributed by atoms with van der Waals surface area (Å²) in [6, 6.07) is 4.94. The Kier molecular flexibility index (Phi) is 6.05. The van der Waals surface area contributed by atoms with Crippen LogP contribution in [0.1, 0.15) is 22.9 Å². The van der Waals surface area contributed by atoms with E-state index in [0.29, 0.717) is 0 Å². The van der Waals surface area contributed by atoms with Crippen molar-refractivity contribution >= 4 is 27.7 Å². The van der Waals surface area contributed by atoms with Crippen molar-refractivity contribution in [2.75, 3.05) is 0 Å². The van der Waals surface area contributed by atoms with Crippen LogP contribution in [0.3, 0.4) is 0 Å². The van der Waals surface area contributed by atoms with Gasteiger partial charge in [-0.05, 0) is 37.3 Å². The van der Waals surface area contributed by atoms with E-state index in [1.54, 1.807) is 0 Å². The average Bonchev–Trinajstić information content (AvgIpc) is 3.12. The molecule has 1 aromatic heterocycles. The van der Waals surface area contributed by atoms with Gasteiger partial charge in [0.15, 0.2) is 5.69 Å². The Labute approximate surface area is 179 Å². The van der Waals surface area contributed by atoms with Crippen LogP contribution in [0.25, 0.3) is 17.0 Å². The zero-order valence-corrected chi connectivity index (χ0v) is 17.3. The van der Waals surface area contributed by atoms with Crippen molar-refractivity contribution < 1.29 is 35.1 Å². The fourth-order valence-electron chi connectivity index (χ4n) is 2.69. The smallest absolute Gasteiger partial charge is 0.458 e. The van der Waals surface area contributed by atoms with Crippen LogP contribution >= 0.6 is 0 Å². The summed E-state index contributed by atoms with van der Waals surface area (Å²) in [6.45, 7) is 9.82. The molecule has 0 atom stereocenters. The number of rotatable bonds is 5. The summed E-state index contributed by atoms with van der Waals surface area (Å²) in [4.78, 5) is 2.09. The van der Waals surface area contributed by atoms with E-state index in [4.69, 9.17) is 15.7 Å². The number of halogens is 4. The molecule has 0 fully saturated rings. The Morgan fingerprint density at radius 2 is 1.84 bits per heavy atom. The van der Waals surface area contributed by atoms with Gasteiger partial charge in [-0.25, -0.2) is 17.7 Å². The van der Waals surface area contributed by atoms with E-state index in [1.165, 1.54) is 19.9 Å². The highest BCUT2D eigenvalue weighted by Crippen LogP contribution is 2.38. The second-order valence-corrected chi connectivity index (χ2v) is 8.31. The minimum absolute atomic E-state index is 0.0106. The van der Waals surface area contributed by atoms with E-state index in [0.717, 1.165) is 36.4 Å². The van der Waals surface area contributed by atoms with Crippen LogP contribution < -0.4 is 4.74 Å². The lowest BCUT2D eigenvalue weighted by Crippen LogP contribution is -2.24. The van der Waals surface area contributed by atoms with Crippen molar-refractivity contribution in [1.29, 1.82) is 0 Å². The Bertz CT molecular complexity index is 1360. The third kappa shape index (κ3) is 4.62. The minimum atomic E-state index is -5.71. The van der Waals surface area contributed by atoms with E-state index >= 15 is 0 Å².